The maximum Gasteiger partial charge on any atom is 0.228 e. The number of aromatic nitrogens is 1. The van der Waals surface area contributed by atoms with E-state index in [2.05, 4.69) is 10.3 Å². The second kappa shape index (κ2) is 6.18. The van der Waals surface area contributed by atoms with E-state index in [-0.39, 0.29) is 23.3 Å². The predicted molar refractivity (Wildman–Crippen MR) is 87.6 cm³/mol. The zero-order valence-electron chi connectivity index (χ0n) is 11.9. The first-order valence-electron chi connectivity index (χ1n) is 7.06. The lowest BCUT2D eigenvalue weighted by Crippen LogP contribution is -2.31. The van der Waals surface area contributed by atoms with Crippen LogP contribution in [0.25, 0.3) is 10.6 Å². The summed E-state index contributed by atoms with van der Waals surface area (Å²) in [7, 11) is -2.95. The molecule has 1 aliphatic rings. The molecule has 1 N–H and O–H groups in total. The van der Waals surface area contributed by atoms with Crippen LogP contribution in [0.2, 0.25) is 0 Å². The van der Waals surface area contributed by atoms with Gasteiger partial charge in [-0.3, -0.25) is 4.79 Å². The number of carbonyl (C=O) groups is 1. The largest absolute Gasteiger partial charge is 0.310 e. The minimum atomic E-state index is -2.95. The smallest absolute Gasteiger partial charge is 0.228 e. The van der Waals surface area contributed by atoms with E-state index in [0.717, 1.165) is 10.6 Å². The molecular weight excluding hydrogens is 320 g/mol. The van der Waals surface area contributed by atoms with Crippen LogP contribution in [-0.4, -0.2) is 30.8 Å². The molecule has 0 spiro atoms. The van der Waals surface area contributed by atoms with Gasteiger partial charge in [0, 0.05) is 16.9 Å². The van der Waals surface area contributed by atoms with E-state index in [1.165, 1.54) is 11.3 Å². The van der Waals surface area contributed by atoms with Crippen LogP contribution >= 0.6 is 11.3 Å². The second-order valence-electron chi connectivity index (χ2n) is 5.32. The molecular formula is C15H16N2O3S2. The molecule has 1 aliphatic heterocycles. The van der Waals surface area contributed by atoms with E-state index in [1.807, 2.05) is 30.3 Å². The lowest BCUT2D eigenvalue weighted by atomic mass is 10.0. The van der Waals surface area contributed by atoms with Gasteiger partial charge in [0.15, 0.2) is 0 Å². The summed E-state index contributed by atoms with van der Waals surface area (Å²) in [5.74, 6) is 0.335. The molecule has 2 heterocycles. The van der Waals surface area contributed by atoms with Gasteiger partial charge >= 0.3 is 0 Å². The summed E-state index contributed by atoms with van der Waals surface area (Å²) in [4.78, 5) is 16.6. The molecule has 0 aliphatic carbocycles. The average Bonchev–Trinajstić information content (AvgIpc) is 2.96. The highest BCUT2D eigenvalue weighted by Crippen LogP contribution is 2.26. The lowest BCUT2D eigenvalue weighted by Gasteiger charge is -2.20. The van der Waals surface area contributed by atoms with Crippen LogP contribution in [0.1, 0.15) is 12.8 Å². The summed E-state index contributed by atoms with van der Waals surface area (Å²) in [6.07, 6.45) is 0.785. The molecule has 22 heavy (non-hydrogen) atoms. The van der Waals surface area contributed by atoms with Crippen molar-refractivity contribution in [2.45, 2.75) is 12.8 Å². The number of amides is 1. The Bertz CT molecular complexity index is 755. The fourth-order valence-corrected chi connectivity index (χ4v) is 4.67. The van der Waals surface area contributed by atoms with Crippen LogP contribution in [-0.2, 0) is 14.6 Å². The summed E-state index contributed by atoms with van der Waals surface area (Å²) in [6, 6.07) is 9.76. The van der Waals surface area contributed by atoms with Gasteiger partial charge in [-0.05, 0) is 12.8 Å². The molecule has 1 saturated heterocycles. The van der Waals surface area contributed by atoms with Crippen molar-refractivity contribution in [1.29, 1.82) is 0 Å². The number of nitrogens with zero attached hydrogens (tertiary/aromatic N) is 1. The molecule has 0 unspecified atom stereocenters. The first-order chi connectivity index (χ1) is 10.5. The van der Waals surface area contributed by atoms with E-state index in [1.54, 1.807) is 5.38 Å². The third-order valence-corrected chi connectivity index (χ3v) is 6.31. The summed E-state index contributed by atoms with van der Waals surface area (Å²) in [5, 5.41) is 5.45. The van der Waals surface area contributed by atoms with Crippen molar-refractivity contribution in [2.24, 2.45) is 5.92 Å². The Hall–Kier alpha value is -1.73. The van der Waals surface area contributed by atoms with Crippen LogP contribution in [0.15, 0.2) is 35.7 Å². The number of anilines is 1. The third kappa shape index (κ3) is 3.53. The van der Waals surface area contributed by atoms with Crippen molar-refractivity contribution >= 4 is 32.9 Å². The van der Waals surface area contributed by atoms with Gasteiger partial charge in [0.2, 0.25) is 5.91 Å². The van der Waals surface area contributed by atoms with E-state index < -0.39 is 9.84 Å². The SMILES string of the molecule is O=C(Nc1csc(-c2ccccc2)n1)C1CCS(=O)(=O)CC1. The van der Waals surface area contributed by atoms with Gasteiger partial charge in [-0.2, -0.15) is 0 Å². The third-order valence-electron chi connectivity index (χ3n) is 3.70. The van der Waals surface area contributed by atoms with Gasteiger partial charge < -0.3 is 5.32 Å². The van der Waals surface area contributed by atoms with Crippen molar-refractivity contribution < 1.29 is 13.2 Å². The van der Waals surface area contributed by atoms with Gasteiger partial charge in [-0.25, -0.2) is 13.4 Å². The molecule has 1 aromatic heterocycles. The fourth-order valence-electron chi connectivity index (χ4n) is 2.42. The number of rotatable bonds is 3. The van der Waals surface area contributed by atoms with E-state index in [4.69, 9.17) is 0 Å². The molecule has 7 heteroatoms. The predicted octanol–water partition coefficient (Wildman–Crippen LogP) is 2.57. The Balaban J connectivity index is 1.64. The Kier molecular flexibility index (Phi) is 4.26. The molecule has 1 amide bonds. The first-order valence-corrected chi connectivity index (χ1v) is 9.76. The Morgan fingerprint density at radius 1 is 1.18 bits per heavy atom. The van der Waals surface area contributed by atoms with Crippen LogP contribution in [0.4, 0.5) is 5.82 Å². The Labute approximate surface area is 133 Å². The number of benzene rings is 1. The van der Waals surface area contributed by atoms with Crippen LogP contribution in [0, 0.1) is 5.92 Å². The number of sulfone groups is 1. The molecule has 1 fully saturated rings. The zero-order valence-corrected chi connectivity index (χ0v) is 13.5. The monoisotopic (exact) mass is 336 g/mol. The van der Waals surface area contributed by atoms with E-state index in [0.29, 0.717) is 18.7 Å². The van der Waals surface area contributed by atoms with E-state index in [9.17, 15) is 13.2 Å². The van der Waals surface area contributed by atoms with Gasteiger partial charge in [0.05, 0.1) is 11.5 Å². The van der Waals surface area contributed by atoms with Crippen molar-refractivity contribution in [1.82, 2.24) is 4.98 Å². The molecule has 2 aromatic rings. The van der Waals surface area contributed by atoms with Crippen LogP contribution in [0.3, 0.4) is 0 Å². The molecule has 1 aromatic carbocycles. The average molecular weight is 336 g/mol. The Morgan fingerprint density at radius 2 is 1.86 bits per heavy atom. The lowest BCUT2D eigenvalue weighted by molar-refractivity contribution is -0.120. The van der Waals surface area contributed by atoms with Crippen molar-refractivity contribution in [2.75, 3.05) is 16.8 Å². The minimum absolute atomic E-state index is 0.0947. The maximum atomic E-state index is 12.2. The number of thiazole rings is 1. The maximum absolute atomic E-state index is 12.2. The highest BCUT2D eigenvalue weighted by molar-refractivity contribution is 7.91. The molecule has 0 bridgehead atoms. The van der Waals surface area contributed by atoms with Gasteiger partial charge in [-0.15, -0.1) is 11.3 Å². The Morgan fingerprint density at radius 3 is 2.55 bits per heavy atom. The molecule has 0 atom stereocenters. The van der Waals surface area contributed by atoms with Gasteiger partial charge in [-0.1, -0.05) is 30.3 Å². The topological polar surface area (TPSA) is 76.1 Å². The highest BCUT2D eigenvalue weighted by Gasteiger charge is 2.28. The summed E-state index contributed by atoms with van der Waals surface area (Å²) in [5.41, 5.74) is 1.01. The first kappa shape index (κ1) is 15.2. The van der Waals surface area contributed by atoms with Gasteiger partial charge in [0.25, 0.3) is 0 Å². The number of hydrogen-bond donors (Lipinski definition) is 1. The highest BCUT2D eigenvalue weighted by atomic mass is 32.2. The quantitative estimate of drug-likeness (QED) is 0.934. The summed E-state index contributed by atoms with van der Waals surface area (Å²) in [6.45, 7) is 0. The molecule has 116 valence electrons. The van der Waals surface area contributed by atoms with Crippen molar-refractivity contribution in [3.05, 3.63) is 35.7 Å². The molecule has 0 saturated carbocycles. The molecule has 3 rings (SSSR count). The summed E-state index contributed by atoms with van der Waals surface area (Å²) >= 11 is 1.47. The van der Waals surface area contributed by atoms with Crippen molar-refractivity contribution in [3.63, 3.8) is 0 Å². The zero-order chi connectivity index (χ0) is 15.6. The minimum Gasteiger partial charge on any atom is -0.310 e. The van der Waals surface area contributed by atoms with Crippen LogP contribution < -0.4 is 5.32 Å². The van der Waals surface area contributed by atoms with Crippen LogP contribution in [0.5, 0.6) is 0 Å². The summed E-state index contributed by atoms with van der Waals surface area (Å²) < 4.78 is 22.8. The number of nitrogens with one attached hydrogen (secondary N) is 1. The normalized spacial score (nSPS) is 18.0. The van der Waals surface area contributed by atoms with Crippen molar-refractivity contribution in [3.8, 4) is 10.6 Å². The number of hydrogen-bond acceptors (Lipinski definition) is 5. The standard InChI is InChI=1S/C15H16N2O3S2/c18-14(11-6-8-22(19,20)9-7-11)16-13-10-21-15(17-13)12-4-2-1-3-5-12/h1-5,10-11H,6-9H2,(H,16,18). The second-order valence-corrected chi connectivity index (χ2v) is 8.48. The number of carbonyl (C=O) groups excluding carboxylic acids is 1. The molecule has 5 nitrogen and oxygen atoms in total. The molecule has 0 radical (unpaired) electrons. The van der Waals surface area contributed by atoms with Gasteiger partial charge in [0.1, 0.15) is 20.7 Å². The van der Waals surface area contributed by atoms with E-state index >= 15 is 0 Å². The fraction of sp³-hybridized carbons (Fsp3) is 0.333.